The molecule has 90 valence electrons. The first-order chi connectivity index (χ1) is 8.26. The van der Waals surface area contributed by atoms with E-state index in [1.165, 1.54) is 0 Å². The van der Waals surface area contributed by atoms with E-state index in [9.17, 15) is 5.26 Å². The van der Waals surface area contributed by atoms with Crippen molar-refractivity contribution in [3.63, 3.8) is 0 Å². The Bertz CT molecular complexity index is 436. The first-order valence-corrected chi connectivity index (χ1v) is 6.05. The van der Waals surface area contributed by atoms with Gasteiger partial charge in [0.25, 0.3) is 0 Å². The van der Waals surface area contributed by atoms with Crippen LogP contribution in [-0.4, -0.2) is 6.79 Å². The van der Waals surface area contributed by atoms with E-state index in [2.05, 4.69) is 19.9 Å². The summed E-state index contributed by atoms with van der Waals surface area (Å²) in [7, 11) is 0. The minimum absolute atomic E-state index is 0.0653. The van der Waals surface area contributed by atoms with E-state index in [-0.39, 0.29) is 12.7 Å². The summed E-state index contributed by atoms with van der Waals surface area (Å²) in [6.45, 7) is 4.55. The highest BCUT2D eigenvalue weighted by Crippen LogP contribution is 2.36. The monoisotopic (exact) mass is 231 g/mol. The van der Waals surface area contributed by atoms with E-state index in [1.54, 1.807) is 0 Å². The Kier molecular flexibility index (Phi) is 3.53. The second-order valence-electron chi connectivity index (χ2n) is 4.49. The number of fused-ring (bicyclic) bond motifs is 1. The first-order valence-electron chi connectivity index (χ1n) is 6.05. The smallest absolute Gasteiger partial charge is 0.231 e. The van der Waals surface area contributed by atoms with Gasteiger partial charge in [-0.25, -0.2) is 0 Å². The van der Waals surface area contributed by atoms with Crippen molar-refractivity contribution in [1.29, 1.82) is 5.26 Å². The molecule has 0 aliphatic carbocycles. The van der Waals surface area contributed by atoms with Crippen molar-refractivity contribution >= 4 is 0 Å². The molecule has 2 rings (SSSR count). The predicted molar refractivity (Wildman–Crippen MR) is 65.0 cm³/mol. The van der Waals surface area contributed by atoms with E-state index in [0.717, 1.165) is 29.9 Å². The summed E-state index contributed by atoms with van der Waals surface area (Å²) in [6.07, 6.45) is 2.16. The van der Waals surface area contributed by atoms with Crippen molar-refractivity contribution < 1.29 is 9.47 Å². The van der Waals surface area contributed by atoms with Crippen molar-refractivity contribution in [3.8, 4) is 17.6 Å². The molecule has 0 saturated heterocycles. The molecular formula is C14H17NO2. The Morgan fingerprint density at radius 3 is 2.82 bits per heavy atom. The van der Waals surface area contributed by atoms with Crippen molar-refractivity contribution in [3.05, 3.63) is 23.8 Å². The maximum absolute atomic E-state index is 9.30. The van der Waals surface area contributed by atoms with Gasteiger partial charge >= 0.3 is 0 Å². The molecule has 1 aliphatic rings. The molecule has 0 fully saturated rings. The van der Waals surface area contributed by atoms with Gasteiger partial charge in [-0.2, -0.15) is 5.26 Å². The summed E-state index contributed by atoms with van der Waals surface area (Å²) < 4.78 is 10.6. The molecule has 2 unspecified atom stereocenters. The zero-order valence-corrected chi connectivity index (χ0v) is 10.3. The fourth-order valence-corrected chi connectivity index (χ4v) is 2.26. The minimum Gasteiger partial charge on any atom is -0.454 e. The Morgan fingerprint density at radius 2 is 2.12 bits per heavy atom. The average Bonchev–Trinajstić information content (AvgIpc) is 2.77. The Morgan fingerprint density at radius 1 is 1.35 bits per heavy atom. The molecular weight excluding hydrogens is 214 g/mol. The lowest BCUT2D eigenvalue weighted by Crippen LogP contribution is -2.07. The molecule has 0 aromatic heterocycles. The van der Waals surface area contributed by atoms with Crippen molar-refractivity contribution in [2.75, 3.05) is 6.79 Å². The van der Waals surface area contributed by atoms with Gasteiger partial charge < -0.3 is 9.47 Å². The molecule has 3 heteroatoms. The maximum Gasteiger partial charge on any atom is 0.231 e. The number of nitriles is 1. The topological polar surface area (TPSA) is 42.2 Å². The van der Waals surface area contributed by atoms with Crippen LogP contribution in [-0.2, 0) is 0 Å². The molecule has 0 radical (unpaired) electrons. The van der Waals surface area contributed by atoms with E-state index >= 15 is 0 Å². The fourth-order valence-electron chi connectivity index (χ4n) is 2.26. The molecule has 0 bridgehead atoms. The summed E-state index contributed by atoms with van der Waals surface area (Å²) in [5.41, 5.74) is 1.03. The van der Waals surface area contributed by atoms with Gasteiger partial charge in [-0.3, -0.25) is 0 Å². The van der Waals surface area contributed by atoms with Crippen LogP contribution in [0, 0.1) is 17.2 Å². The van der Waals surface area contributed by atoms with Gasteiger partial charge in [0, 0.05) is 0 Å². The first kappa shape index (κ1) is 11.8. The highest BCUT2D eigenvalue weighted by Gasteiger charge is 2.21. The molecule has 1 aromatic rings. The lowest BCUT2D eigenvalue weighted by atomic mass is 9.85. The van der Waals surface area contributed by atoms with Crippen molar-refractivity contribution in [1.82, 2.24) is 0 Å². The summed E-state index contributed by atoms with van der Waals surface area (Å²) in [5, 5.41) is 9.30. The quantitative estimate of drug-likeness (QED) is 0.797. The van der Waals surface area contributed by atoms with E-state index in [4.69, 9.17) is 9.47 Å². The number of benzene rings is 1. The molecule has 1 aromatic carbocycles. The molecule has 0 N–H and O–H groups in total. The van der Waals surface area contributed by atoms with Gasteiger partial charge in [0.05, 0.1) is 12.0 Å². The Hall–Kier alpha value is -1.69. The number of ether oxygens (including phenoxy) is 2. The van der Waals surface area contributed by atoms with Crippen LogP contribution >= 0.6 is 0 Å². The zero-order chi connectivity index (χ0) is 12.3. The fraction of sp³-hybridized carbons (Fsp3) is 0.500. The molecule has 3 nitrogen and oxygen atoms in total. The highest BCUT2D eigenvalue weighted by molar-refractivity contribution is 5.46. The lowest BCUT2D eigenvalue weighted by Gasteiger charge is -2.17. The highest BCUT2D eigenvalue weighted by atomic mass is 16.7. The van der Waals surface area contributed by atoms with Crippen molar-refractivity contribution in [2.24, 2.45) is 5.92 Å². The predicted octanol–water partition coefficient (Wildman–Crippen LogP) is 3.46. The van der Waals surface area contributed by atoms with Crippen LogP contribution in [0.1, 0.15) is 38.2 Å². The van der Waals surface area contributed by atoms with E-state index in [0.29, 0.717) is 5.92 Å². The van der Waals surface area contributed by atoms with Gasteiger partial charge in [-0.05, 0) is 30.0 Å². The van der Waals surface area contributed by atoms with Crippen LogP contribution in [0.3, 0.4) is 0 Å². The largest absolute Gasteiger partial charge is 0.454 e. The van der Waals surface area contributed by atoms with Crippen LogP contribution in [0.5, 0.6) is 11.5 Å². The molecule has 0 amide bonds. The number of hydrogen-bond acceptors (Lipinski definition) is 3. The van der Waals surface area contributed by atoms with Crippen LogP contribution < -0.4 is 9.47 Å². The van der Waals surface area contributed by atoms with E-state index < -0.39 is 0 Å². The maximum atomic E-state index is 9.30. The number of hydrogen-bond donors (Lipinski definition) is 0. The van der Waals surface area contributed by atoms with Crippen LogP contribution in [0.4, 0.5) is 0 Å². The molecule has 17 heavy (non-hydrogen) atoms. The standard InChI is InChI=1S/C14H17NO2/c1-3-4-10(2)12(8-15)11-5-6-13-14(7-11)17-9-16-13/h5-7,10,12H,3-4,9H2,1-2H3. The SMILES string of the molecule is CCCC(C)C(C#N)c1ccc2c(c1)OCO2. The summed E-state index contributed by atoms with van der Waals surface area (Å²) >= 11 is 0. The van der Waals surface area contributed by atoms with Gasteiger partial charge in [0.15, 0.2) is 11.5 Å². The molecule has 1 heterocycles. The van der Waals surface area contributed by atoms with Gasteiger partial charge in [0.1, 0.15) is 0 Å². The molecule has 0 spiro atoms. The third-order valence-electron chi connectivity index (χ3n) is 3.21. The number of rotatable bonds is 4. The second-order valence-corrected chi connectivity index (χ2v) is 4.49. The summed E-state index contributed by atoms with van der Waals surface area (Å²) in [6, 6.07) is 8.19. The second kappa shape index (κ2) is 5.09. The third kappa shape index (κ3) is 2.36. The average molecular weight is 231 g/mol. The van der Waals surface area contributed by atoms with Crippen LogP contribution in [0.25, 0.3) is 0 Å². The Labute approximate surface area is 102 Å². The van der Waals surface area contributed by atoms with Gasteiger partial charge in [-0.15, -0.1) is 0 Å². The lowest BCUT2D eigenvalue weighted by molar-refractivity contribution is 0.174. The van der Waals surface area contributed by atoms with Crippen molar-refractivity contribution in [2.45, 2.75) is 32.6 Å². The third-order valence-corrected chi connectivity index (χ3v) is 3.21. The molecule has 1 aliphatic heterocycles. The normalized spacial score (nSPS) is 16.3. The van der Waals surface area contributed by atoms with E-state index in [1.807, 2.05) is 18.2 Å². The van der Waals surface area contributed by atoms with Crippen LogP contribution in [0.15, 0.2) is 18.2 Å². The zero-order valence-electron chi connectivity index (χ0n) is 10.3. The summed E-state index contributed by atoms with van der Waals surface area (Å²) in [5.74, 6) is 1.83. The van der Waals surface area contributed by atoms with Gasteiger partial charge in [0.2, 0.25) is 6.79 Å². The van der Waals surface area contributed by atoms with Gasteiger partial charge in [-0.1, -0.05) is 26.3 Å². The summed E-state index contributed by atoms with van der Waals surface area (Å²) in [4.78, 5) is 0. The molecule has 0 saturated carbocycles. The molecule has 2 atom stereocenters. The van der Waals surface area contributed by atoms with Crippen LogP contribution in [0.2, 0.25) is 0 Å². The minimum atomic E-state index is -0.0653. The number of nitrogens with zero attached hydrogens (tertiary/aromatic N) is 1. The Balaban J connectivity index is 2.23.